The van der Waals surface area contributed by atoms with Crippen molar-refractivity contribution in [2.45, 2.75) is 20.0 Å². The average Bonchev–Trinajstić information content (AvgIpc) is 2.47. The number of aryl methyl sites for hydroxylation is 1. The third kappa shape index (κ3) is 4.10. The highest BCUT2D eigenvalue weighted by Gasteiger charge is 2.13. The Kier molecular flexibility index (Phi) is 5.19. The Morgan fingerprint density at radius 1 is 1.00 bits per heavy atom. The third-order valence-electron chi connectivity index (χ3n) is 3.14. The van der Waals surface area contributed by atoms with Gasteiger partial charge in [0.05, 0.1) is 0 Å². The van der Waals surface area contributed by atoms with Gasteiger partial charge in [0.2, 0.25) is 5.91 Å². The molecule has 3 heteroatoms. The van der Waals surface area contributed by atoms with Crippen LogP contribution in [0.3, 0.4) is 0 Å². The number of carbonyl (C=O) groups is 1. The molecule has 0 N–H and O–H groups in total. The van der Waals surface area contributed by atoms with E-state index in [2.05, 4.69) is 19.1 Å². The van der Waals surface area contributed by atoms with Gasteiger partial charge in [0.1, 0.15) is 5.88 Å². The molecule has 2 aromatic rings. The van der Waals surface area contributed by atoms with Crippen LogP contribution in [0, 0.1) is 6.92 Å². The average molecular weight is 288 g/mol. The van der Waals surface area contributed by atoms with Crippen LogP contribution in [-0.4, -0.2) is 16.7 Å². The van der Waals surface area contributed by atoms with Crippen LogP contribution >= 0.6 is 11.6 Å². The molecule has 2 aromatic carbocycles. The van der Waals surface area contributed by atoms with Gasteiger partial charge in [-0.15, -0.1) is 11.6 Å². The molecule has 0 heterocycles. The van der Waals surface area contributed by atoms with Gasteiger partial charge in [-0.25, -0.2) is 0 Å². The van der Waals surface area contributed by atoms with Crippen LogP contribution in [-0.2, 0) is 17.9 Å². The first-order chi connectivity index (χ1) is 9.69. The minimum Gasteiger partial charge on any atom is -0.333 e. The van der Waals surface area contributed by atoms with E-state index < -0.39 is 0 Å². The lowest BCUT2D eigenvalue weighted by atomic mass is 10.1. The molecule has 2 nitrogen and oxygen atoms in total. The minimum absolute atomic E-state index is 0.0125. The second-order valence-electron chi connectivity index (χ2n) is 4.86. The van der Waals surface area contributed by atoms with E-state index in [1.54, 1.807) is 4.90 Å². The fourth-order valence-electron chi connectivity index (χ4n) is 2.15. The second kappa shape index (κ2) is 7.11. The highest BCUT2D eigenvalue weighted by atomic mass is 35.5. The first-order valence-electron chi connectivity index (χ1n) is 6.62. The molecule has 0 radical (unpaired) electrons. The van der Waals surface area contributed by atoms with Crippen molar-refractivity contribution in [1.29, 1.82) is 0 Å². The Balaban J connectivity index is 2.14. The van der Waals surface area contributed by atoms with E-state index in [1.165, 1.54) is 5.56 Å². The lowest BCUT2D eigenvalue weighted by molar-refractivity contribution is -0.129. The van der Waals surface area contributed by atoms with E-state index in [9.17, 15) is 4.79 Å². The molecular formula is C17H18ClNO. The summed E-state index contributed by atoms with van der Waals surface area (Å²) in [5, 5.41) is 0. The Morgan fingerprint density at radius 3 is 2.30 bits per heavy atom. The van der Waals surface area contributed by atoms with Crippen LogP contribution in [0.2, 0.25) is 0 Å². The summed E-state index contributed by atoms with van der Waals surface area (Å²) in [5.74, 6) is -0.0319. The first kappa shape index (κ1) is 14.6. The molecule has 0 aliphatic heterocycles. The van der Waals surface area contributed by atoms with E-state index in [0.717, 1.165) is 11.1 Å². The van der Waals surface area contributed by atoms with Crippen molar-refractivity contribution in [2.75, 3.05) is 5.88 Å². The predicted octanol–water partition coefficient (Wildman–Crippen LogP) is 3.76. The van der Waals surface area contributed by atoms with E-state index in [4.69, 9.17) is 11.6 Å². The highest BCUT2D eigenvalue weighted by molar-refractivity contribution is 6.27. The van der Waals surface area contributed by atoms with Crippen molar-refractivity contribution < 1.29 is 4.79 Å². The molecule has 0 atom stereocenters. The lowest BCUT2D eigenvalue weighted by Gasteiger charge is -2.22. The Bertz CT molecular complexity index is 568. The van der Waals surface area contributed by atoms with E-state index in [1.807, 2.05) is 42.5 Å². The summed E-state index contributed by atoms with van der Waals surface area (Å²) in [6, 6.07) is 18.2. The molecule has 0 aliphatic rings. The molecule has 104 valence electrons. The van der Waals surface area contributed by atoms with Gasteiger partial charge in [-0.3, -0.25) is 4.79 Å². The first-order valence-corrected chi connectivity index (χ1v) is 7.15. The van der Waals surface area contributed by atoms with Gasteiger partial charge in [-0.05, 0) is 18.1 Å². The molecule has 0 aliphatic carbocycles. The van der Waals surface area contributed by atoms with E-state index in [0.29, 0.717) is 13.1 Å². The summed E-state index contributed by atoms with van der Waals surface area (Å²) >= 11 is 5.72. The molecule has 2 rings (SSSR count). The normalized spacial score (nSPS) is 10.3. The summed E-state index contributed by atoms with van der Waals surface area (Å²) in [6.45, 7) is 3.22. The van der Waals surface area contributed by atoms with Crippen molar-refractivity contribution in [2.24, 2.45) is 0 Å². The molecular weight excluding hydrogens is 270 g/mol. The fourth-order valence-corrected chi connectivity index (χ4v) is 2.32. The van der Waals surface area contributed by atoms with Gasteiger partial charge in [0.25, 0.3) is 0 Å². The summed E-state index contributed by atoms with van der Waals surface area (Å²) in [7, 11) is 0. The van der Waals surface area contributed by atoms with E-state index >= 15 is 0 Å². The smallest absolute Gasteiger partial charge is 0.238 e. The number of amides is 1. The minimum atomic E-state index is -0.0444. The van der Waals surface area contributed by atoms with Gasteiger partial charge in [0.15, 0.2) is 0 Å². The molecule has 0 unspecified atom stereocenters. The molecule has 0 saturated heterocycles. The molecule has 1 amide bonds. The Hall–Kier alpha value is -1.80. The lowest BCUT2D eigenvalue weighted by Crippen LogP contribution is -2.31. The van der Waals surface area contributed by atoms with Crippen LogP contribution in [0.5, 0.6) is 0 Å². The zero-order valence-corrected chi connectivity index (χ0v) is 12.3. The van der Waals surface area contributed by atoms with Crippen LogP contribution in [0.25, 0.3) is 0 Å². The molecule has 0 spiro atoms. The van der Waals surface area contributed by atoms with Crippen molar-refractivity contribution in [3.63, 3.8) is 0 Å². The third-order valence-corrected chi connectivity index (χ3v) is 3.37. The highest BCUT2D eigenvalue weighted by Crippen LogP contribution is 2.12. The molecule has 20 heavy (non-hydrogen) atoms. The largest absolute Gasteiger partial charge is 0.333 e. The number of alkyl halides is 1. The number of nitrogens with zero attached hydrogens (tertiary/aromatic N) is 1. The van der Waals surface area contributed by atoms with Crippen LogP contribution in [0.4, 0.5) is 0 Å². The SMILES string of the molecule is Cc1cccc(CN(Cc2ccccc2)C(=O)CCl)c1. The van der Waals surface area contributed by atoms with Crippen molar-refractivity contribution >= 4 is 17.5 Å². The van der Waals surface area contributed by atoms with Gasteiger partial charge >= 0.3 is 0 Å². The van der Waals surface area contributed by atoms with Crippen LogP contribution in [0.15, 0.2) is 54.6 Å². The number of halogens is 1. The zero-order chi connectivity index (χ0) is 14.4. The zero-order valence-electron chi connectivity index (χ0n) is 11.6. The standard InChI is InChI=1S/C17H18ClNO/c1-14-6-5-9-16(10-14)13-19(17(20)11-18)12-15-7-3-2-4-8-15/h2-10H,11-13H2,1H3. The monoisotopic (exact) mass is 287 g/mol. The van der Waals surface area contributed by atoms with Gasteiger partial charge in [-0.1, -0.05) is 60.2 Å². The van der Waals surface area contributed by atoms with Crippen LogP contribution in [0.1, 0.15) is 16.7 Å². The van der Waals surface area contributed by atoms with Gasteiger partial charge in [0, 0.05) is 13.1 Å². The van der Waals surface area contributed by atoms with Gasteiger partial charge in [-0.2, -0.15) is 0 Å². The van der Waals surface area contributed by atoms with Crippen molar-refractivity contribution in [3.8, 4) is 0 Å². The van der Waals surface area contributed by atoms with Crippen molar-refractivity contribution in [3.05, 3.63) is 71.3 Å². The maximum Gasteiger partial charge on any atom is 0.238 e. The topological polar surface area (TPSA) is 20.3 Å². The number of hydrogen-bond donors (Lipinski definition) is 0. The molecule has 0 saturated carbocycles. The summed E-state index contributed by atoms with van der Waals surface area (Å²) in [5.41, 5.74) is 3.43. The predicted molar refractivity (Wildman–Crippen MR) is 82.6 cm³/mol. The number of benzene rings is 2. The van der Waals surface area contributed by atoms with Gasteiger partial charge < -0.3 is 4.90 Å². The number of carbonyl (C=O) groups excluding carboxylic acids is 1. The Labute approximate surface area is 125 Å². The fraction of sp³-hybridized carbons (Fsp3) is 0.235. The van der Waals surface area contributed by atoms with Crippen molar-refractivity contribution in [1.82, 2.24) is 4.90 Å². The number of rotatable bonds is 5. The maximum atomic E-state index is 12.0. The summed E-state index contributed by atoms with van der Waals surface area (Å²) in [4.78, 5) is 13.8. The second-order valence-corrected chi connectivity index (χ2v) is 5.13. The van der Waals surface area contributed by atoms with E-state index in [-0.39, 0.29) is 11.8 Å². The summed E-state index contributed by atoms with van der Waals surface area (Å²) in [6.07, 6.45) is 0. The molecule has 0 aromatic heterocycles. The maximum absolute atomic E-state index is 12.0. The molecule has 0 fully saturated rings. The number of hydrogen-bond acceptors (Lipinski definition) is 1. The van der Waals surface area contributed by atoms with Crippen LogP contribution < -0.4 is 0 Å². The quantitative estimate of drug-likeness (QED) is 0.767. The summed E-state index contributed by atoms with van der Waals surface area (Å²) < 4.78 is 0. The molecule has 0 bridgehead atoms. The Morgan fingerprint density at radius 2 is 1.65 bits per heavy atom.